The molecule has 3 aromatic rings. The van der Waals surface area contributed by atoms with Crippen molar-refractivity contribution < 1.29 is 14.3 Å². The summed E-state index contributed by atoms with van der Waals surface area (Å²) < 4.78 is 10.6. The molecule has 0 aliphatic heterocycles. The molecule has 0 atom stereocenters. The second kappa shape index (κ2) is 8.70. The van der Waals surface area contributed by atoms with Crippen molar-refractivity contribution in [2.24, 2.45) is 0 Å². The average molecular weight is 418 g/mol. The monoisotopic (exact) mass is 417 g/mol. The highest BCUT2D eigenvalue weighted by molar-refractivity contribution is 7.17. The van der Waals surface area contributed by atoms with Crippen molar-refractivity contribution >= 4 is 28.6 Å². The van der Waals surface area contributed by atoms with Crippen LogP contribution in [0, 0.1) is 6.92 Å². The van der Waals surface area contributed by atoms with Crippen molar-refractivity contribution in [2.75, 3.05) is 14.2 Å². The molecule has 0 spiro atoms. The zero-order valence-corrected chi connectivity index (χ0v) is 18.2. The van der Waals surface area contributed by atoms with Crippen LogP contribution in [0.4, 0.5) is 0 Å². The lowest BCUT2D eigenvalue weighted by Crippen LogP contribution is -2.22. The van der Waals surface area contributed by atoms with Crippen LogP contribution in [0.25, 0.3) is 10.6 Å². The number of methoxy groups -OCH3 is 2. The lowest BCUT2D eigenvalue weighted by Gasteiger charge is -2.08. The lowest BCUT2D eigenvalue weighted by molar-refractivity contribution is 0.0953. The Morgan fingerprint density at radius 1 is 1.18 bits per heavy atom. The molecule has 6 nitrogen and oxygen atoms in total. The molecule has 1 amide bonds. The fourth-order valence-electron chi connectivity index (χ4n) is 2.62. The van der Waals surface area contributed by atoms with E-state index in [2.05, 4.69) is 29.1 Å². The van der Waals surface area contributed by atoms with Gasteiger partial charge in [-0.1, -0.05) is 13.8 Å². The summed E-state index contributed by atoms with van der Waals surface area (Å²) in [6.07, 6.45) is 0. The van der Waals surface area contributed by atoms with Crippen molar-refractivity contribution in [3.05, 3.63) is 44.9 Å². The van der Waals surface area contributed by atoms with Gasteiger partial charge in [-0.2, -0.15) is 0 Å². The van der Waals surface area contributed by atoms with Crippen LogP contribution in [0.1, 0.15) is 45.8 Å². The van der Waals surface area contributed by atoms with E-state index in [9.17, 15) is 4.79 Å². The maximum Gasteiger partial charge on any atom is 0.263 e. The zero-order chi connectivity index (χ0) is 20.3. The number of carbonyl (C=O) groups excluding carboxylic acids is 1. The Hall–Kier alpha value is -2.45. The third-order valence-corrected chi connectivity index (χ3v) is 6.53. The fraction of sp³-hybridized carbons (Fsp3) is 0.350. The molecule has 2 aromatic heterocycles. The first-order chi connectivity index (χ1) is 13.4. The second-order valence-electron chi connectivity index (χ2n) is 6.52. The van der Waals surface area contributed by atoms with Gasteiger partial charge in [-0.15, -0.1) is 22.7 Å². The molecular formula is C20H23N3O3S2. The molecule has 8 heteroatoms. The second-order valence-corrected chi connectivity index (χ2v) is 8.41. The Balaban J connectivity index is 1.75. The van der Waals surface area contributed by atoms with Crippen LogP contribution in [0.15, 0.2) is 23.6 Å². The highest BCUT2D eigenvalue weighted by Gasteiger charge is 2.18. The van der Waals surface area contributed by atoms with Gasteiger partial charge in [-0.25, -0.2) is 9.97 Å². The maximum atomic E-state index is 12.6. The number of aryl methyl sites for hydroxylation is 1. The Morgan fingerprint density at radius 3 is 2.57 bits per heavy atom. The van der Waals surface area contributed by atoms with E-state index in [1.165, 1.54) is 11.3 Å². The molecule has 0 unspecified atom stereocenters. The SMILES string of the molecule is COc1ccc(-c2nc(C)c(C(=O)NCc3csc(C(C)C)n3)s2)cc1OC. The number of thiazole rings is 2. The highest BCUT2D eigenvalue weighted by Crippen LogP contribution is 2.35. The van der Waals surface area contributed by atoms with E-state index in [1.54, 1.807) is 25.6 Å². The smallest absolute Gasteiger partial charge is 0.263 e. The lowest BCUT2D eigenvalue weighted by atomic mass is 10.2. The molecule has 2 heterocycles. The van der Waals surface area contributed by atoms with Crippen LogP contribution < -0.4 is 14.8 Å². The number of aromatic nitrogens is 2. The number of hydrogen-bond donors (Lipinski definition) is 1. The summed E-state index contributed by atoms with van der Waals surface area (Å²) in [4.78, 5) is 22.4. The molecule has 1 N–H and O–H groups in total. The minimum absolute atomic E-state index is 0.138. The molecule has 0 fully saturated rings. The van der Waals surface area contributed by atoms with Crippen molar-refractivity contribution in [3.8, 4) is 22.1 Å². The van der Waals surface area contributed by atoms with Gasteiger partial charge in [0.2, 0.25) is 0 Å². The van der Waals surface area contributed by atoms with Crippen molar-refractivity contribution in [1.82, 2.24) is 15.3 Å². The third-order valence-electron chi connectivity index (χ3n) is 4.13. The van der Waals surface area contributed by atoms with E-state index in [4.69, 9.17) is 9.47 Å². The molecule has 0 radical (unpaired) electrons. The Labute approximate surface area is 172 Å². The number of carbonyl (C=O) groups is 1. The molecule has 0 aliphatic carbocycles. The molecule has 3 rings (SSSR count). The Bertz CT molecular complexity index is 979. The molecular weight excluding hydrogens is 394 g/mol. The average Bonchev–Trinajstić information content (AvgIpc) is 3.32. The Morgan fingerprint density at radius 2 is 1.93 bits per heavy atom. The topological polar surface area (TPSA) is 73.3 Å². The first kappa shape index (κ1) is 20.3. The molecule has 0 saturated heterocycles. The van der Waals surface area contributed by atoms with E-state index in [0.29, 0.717) is 34.5 Å². The number of amides is 1. The molecule has 0 aliphatic rings. The first-order valence-corrected chi connectivity index (χ1v) is 10.5. The van der Waals surface area contributed by atoms with E-state index in [1.807, 2.05) is 30.5 Å². The molecule has 0 saturated carbocycles. The summed E-state index contributed by atoms with van der Waals surface area (Å²) in [7, 11) is 3.19. The van der Waals surface area contributed by atoms with Crippen molar-refractivity contribution in [2.45, 2.75) is 33.2 Å². The van der Waals surface area contributed by atoms with Crippen molar-refractivity contribution in [1.29, 1.82) is 0 Å². The quantitative estimate of drug-likeness (QED) is 0.606. The van der Waals surface area contributed by atoms with Crippen LogP contribution in [-0.2, 0) is 6.54 Å². The van der Waals surface area contributed by atoms with Crippen LogP contribution >= 0.6 is 22.7 Å². The van der Waals surface area contributed by atoms with E-state index in [0.717, 1.165) is 21.3 Å². The van der Waals surface area contributed by atoms with Gasteiger partial charge in [0, 0.05) is 16.9 Å². The van der Waals surface area contributed by atoms with Crippen LogP contribution in [0.3, 0.4) is 0 Å². The number of benzene rings is 1. The van der Waals surface area contributed by atoms with Gasteiger partial charge in [0.1, 0.15) is 9.88 Å². The first-order valence-electron chi connectivity index (χ1n) is 8.85. The molecule has 0 bridgehead atoms. The summed E-state index contributed by atoms with van der Waals surface area (Å²) in [6, 6.07) is 5.60. The third kappa shape index (κ3) is 4.34. The van der Waals surface area contributed by atoms with Gasteiger partial charge in [-0.05, 0) is 25.1 Å². The van der Waals surface area contributed by atoms with Crippen molar-refractivity contribution in [3.63, 3.8) is 0 Å². The van der Waals surface area contributed by atoms with Gasteiger partial charge in [-0.3, -0.25) is 4.79 Å². The van der Waals surface area contributed by atoms with Crippen LogP contribution in [-0.4, -0.2) is 30.1 Å². The minimum Gasteiger partial charge on any atom is -0.493 e. The number of nitrogens with one attached hydrogen (secondary N) is 1. The summed E-state index contributed by atoms with van der Waals surface area (Å²) >= 11 is 2.98. The van der Waals surface area contributed by atoms with Gasteiger partial charge < -0.3 is 14.8 Å². The predicted octanol–water partition coefficient (Wildman–Crippen LogP) is 4.65. The number of rotatable bonds is 7. The van der Waals surface area contributed by atoms with E-state index in [-0.39, 0.29) is 5.91 Å². The summed E-state index contributed by atoms with van der Waals surface area (Å²) in [5, 5.41) is 6.78. The summed E-state index contributed by atoms with van der Waals surface area (Å²) in [6.45, 7) is 6.47. The predicted molar refractivity (Wildman–Crippen MR) is 113 cm³/mol. The highest BCUT2D eigenvalue weighted by atomic mass is 32.1. The summed E-state index contributed by atoms with van der Waals surface area (Å²) in [5.74, 6) is 1.54. The normalized spacial score (nSPS) is 10.9. The molecule has 1 aromatic carbocycles. The van der Waals surface area contributed by atoms with E-state index < -0.39 is 0 Å². The van der Waals surface area contributed by atoms with Crippen LogP contribution in [0.5, 0.6) is 11.5 Å². The van der Waals surface area contributed by atoms with Gasteiger partial charge in [0.25, 0.3) is 5.91 Å². The number of nitrogens with zero attached hydrogens (tertiary/aromatic N) is 2. The molecule has 28 heavy (non-hydrogen) atoms. The fourth-order valence-corrected chi connectivity index (χ4v) is 4.43. The zero-order valence-electron chi connectivity index (χ0n) is 16.5. The number of hydrogen-bond acceptors (Lipinski definition) is 7. The number of ether oxygens (including phenoxy) is 2. The van der Waals surface area contributed by atoms with Crippen LogP contribution in [0.2, 0.25) is 0 Å². The Kier molecular flexibility index (Phi) is 6.31. The van der Waals surface area contributed by atoms with Gasteiger partial charge >= 0.3 is 0 Å². The minimum atomic E-state index is -0.138. The van der Waals surface area contributed by atoms with E-state index >= 15 is 0 Å². The summed E-state index contributed by atoms with van der Waals surface area (Å²) in [5.41, 5.74) is 2.46. The standard InChI is InChI=1S/C20H23N3O3S2/c1-11(2)19-23-14(10-27-19)9-21-18(24)17-12(3)22-20(28-17)13-6-7-15(25-4)16(8-13)26-5/h6-8,10-11H,9H2,1-5H3,(H,21,24). The van der Waals surface area contributed by atoms with Gasteiger partial charge in [0.05, 0.1) is 37.2 Å². The maximum absolute atomic E-state index is 12.6. The largest absolute Gasteiger partial charge is 0.493 e. The van der Waals surface area contributed by atoms with Gasteiger partial charge in [0.15, 0.2) is 11.5 Å². The molecule has 148 valence electrons.